The number of carboxylic acids is 1. The van der Waals surface area contributed by atoms with Crippen LogP contribution in [0.25, 0.3) is 11.2 Å². The zero-order chi connectivity index (χ0) is 14.1. The smallest absolute Gasteiger partial charge is 0.338 e. The SMILES string of the molecule is O=C(O)c1ccnc2nc(Cc3cccc(F)c3)[nH]c12. The van der Waals surface area contributed by atoms with Crippen molar-refractivity contribution >= 4 is 17.1 Å². The zero-order valence-electron chi connectivity index (χ0n) is 10.3. The number of hydrogen-bond donors (Lipinski definition) is 2. The van der Waals surface area contributed by atoms with E-state index < -0.39 is 5.97 Å². The van der Waals surface area contributed by atoms with E-state index in [1.165, 1.54) is 24.4 Å². The Morgan fingerprint density at radius 2 is 2.20 bits per heavy atom. The molecule has 0 aliphatic heterocycles. The first-order chi connectivity index (χ1) is 9.63. The molecular weight excluding hydrogens is 261 g/mol. The van der Waals surface area contributed by atoms with Gasteiger partial charge < -0.3 is 10.1 Å². The van der Waals surface area contributed by atoms with Crippen molar-refractivity contribution in [2.75, 3.05) is 0 Å². The number of H-pyrrole nitrogens is 1. The molecule has 0 saturated carbocycles. The highest BCUT2D eigenvalue weighted by Crippen LogP contribution is 2.16. The fourth-order valence-electron chi connectivity index (χ4n) is 2.06. The van der Waals surface area contributed by atoms with E-state index in [9.17, 15) is 9.18 Å². The number of fused-ring (bicyclic) bond motifs is 1. The van der Waals surface area contributed by atoms with Gasteiger partial charge in [0.25, 0.3) is 0 Å². The van der Waals surface area contributed by atoms with E-state index in [-0.39, 0.29) is 11.4 Å². The molecule has 0 spiro atoms. The number of pyridine rings is 1. The van der Waals surface area contributed by atoms with Crippen molar-refractivity contribution in [3.05, 3.63) is 59.3 Å². The van der Waals surface area contributed by atoms with E-state index in [1.54, 1.807) is 12.1 Å². The summed E-state index contributed by atoms with van der Waals surface area (Å²) in [6.45, 7) is 0. The molecule has 0 amide bonds. The Kier molecular flexibility index (Phi) is 2.90. The van der Waals surface area contributed by atoms with Gasteiger partial charge >= 0.3 is 5.97 Å². The fourth-order valence-corrected chi connectivity index (χ4v) is 2.06. The van der Waals surface area contributed by atoms with Crippen LogP contribution in [0.5, 0.6) is 0 Å². The number of aromatic nitrogens is 3. The molecule has 0 aliphatic carbocycles. The van der Waals surface area contributed by atoms with Crippen LogP contribution in [-0.2, 0) is 6.42 Å². The van der Waals surface area contributed by atoms with E-state index in [4.69, 9.17) is 5.11 Å². The number of hydrogen-bond acceptors (Lipinski definition) is 3. The summed E-state index contributed by atoms with van der Waals surface area (Å²) in [7, 11) is 0. The van der Waals surface area contributed by atoms with Gasteiger partial charge in [-0.25, -0.2) is 19.2 Å². The third kappa shape index (κ3) is 2.23. The molecule has 6 heteroatoms. The molecule has 20 heavy (non-hydrogen) atoms. The Balaban J connectivity index is 2.01. The highest BCUT2D eigenvalue weighted by atomic mass is 19.1. The molecule has 0 unspecified atom stereocenters. The van der Waals surface area contributed by atoms with E-state index in [0.717, 1.165) is 5.56 Å². The number of carbonyl (C=O) groups is 1. The van der Waals surface area contributed by atoms with Gasteiger partial charge in [0.05, 0.1) is 11.1 Å². The highest BCUT2D eigenvalue weighted by molar-refractivity contribution is 5.99. The van der Waals surface area contributed by atoms with Crippen LogP contribution in [0.3, 0.4) is 0 Å². The molecule has 2 heterocycles. The zero-order valence-corrected chi connectivity index (χ0v) is 10.3. The molecule has 1 aromatic carbocycles. The van der Waals surface area contributed by atoms with Gasteiger partial charge in [-0.05, 0) is 23.8 Å². The number of rotatable bonds is 3. The third-order valence-corrected chi connectivity index (χ3v) is 2.93. The fraction of sp³-hybridized carbons (Fsp3) is 0.0714. The molecule has 5 nitrogen and oxygen atoms in total. The quantitative estimate of drug-likeness (QED) is 0.766. The molecule has 0 radical (unpaired) electrons. The molecule has 100 valence electrons. The maximum atomic E-state index is 13.1. The first-order valence-corrected chi connectivity index (χ1v) is 5.95. The highest BCUT2D eigenvalue weighted by Gasteiger charge is 2.13. The van der Waals surface area contributed by atoms with E-state index in [1.807, 2.05) is 0 Å². The third-order valence-electron chi connectivity index (χ3n) is 2.93. The second-order valence-electron chi connectivity index (χ2n) is 4.35. The first kappa shape index (κ1) is 12.3. The van der Waals surface area contributed by atoms with Gasteiger partial charge in [-0.1, -0.05) is 12.1 Å². The second-order valence-corrected chi connectivity index (χ2v) is 4.35. The van der Waals surface area contributed by atoms with Gasteiger partial charge in [-0.15, -0.1) is 0 Å². The number of imidazole rings is 1. The summed E-state index contributed by atoms with van der Waals surface area (Å²) in [6, 6.07) is 7.59. The van der Waals surface area contributed by atoms with Crippen LogP contribution >= 0.6 is 0 Å². The largest absolute Gasteiger partial charge is 0.478 e. The summed E-state index contributed by atoms with van der Waals surface area (Å²) in [5, 5.41) is 9.09. The minimum absolute atomic E-state index is 0.119. The normalized spacial score (nSPS) is 10.8. The van der Waals surface area contributed by atoms with Crippen molar-refractivity contribution in [3.8, 4) is 0 Å². The van der Waals surface area contributed by atoms with Crippen LogP contribution < -0.4 is 0 Å². The van der Waals surface area contributed by atoms with Gasteiger partial charge in [0.15, 0.2) is 5.65 Å². The molecular formula is C14H10FN3O2. The summed E-state index contributed by atoms with van der Waals surface area (Å²) in [4.78, 5) is 22.3. The summed E-state index contributed by atoms with van der Waals surface area (Å²) in [6.07, 6.45) is 1.78. The first-order valence-electron chi connectivity index (χ1n) is 5.95. The maximum Gasteiger partial charge on any atom is 0.338 e. The van der Waals surface area contributed by atoms with Gasteiger partial charge in [-0.3, -0.25) is 0 Å². The standard InChI is InChI=1S/C14H10FN3O2/c15-9-3-1-2-8(6-9)7-11-17-12-10(14(19)20)4-5-16-13(12)18-11/h1-6H,7H2,(H,19,20)(H,16,17,18). The topological polar surface area (TPSA) is 78.9 Å². The Morgan fingerprint density at radius 3 is 2.95 bits per heavy atom. The monoisotopic (exact) mass is 271 g/mol. The Morgan fingerprint density at radius 1 is 1.35 bits per heavy atom. The van der Waals surface area contributed by atoms with Crippen LogP contribution in [-0.4, -0.2) is 26.0 Å². The maximum absolute atomic E-state index is 13.1. The van der Waals surface area contributed by atoms with Crippen LogP contribution in [0.2, 0.25) is 0 Å². The van der Waals surface area contributed by atoms with Crippen LogP contribution in [0.1, 0.15) is 21.7 Å². The molecule has 0 aliphatic rings. The number of aromatic carboxylic acids is 1. The summed E-state index contributed by atoms with van der Waals surface area (Å²) >= 11 is 0. The Hall–Kier alpha value is -2.76. The second kappa shape index (κ2) is 4.73. The molecule has 0 fully saturated rings. The molecule has 0 atom stereocenters. The molecule has 0 bridgehead atoms. The number of nitrogens with one attached hydrogen (secondary N) is 1. The van der Waals surface area contributed by atoms with Crippen molar-refractivity contribution < 1.29 is 14.3 Å². The van der Waals surface area contributed by atoms with Crippen molar-refractivity contribution in [1.29, 1.82) is 0 Å². The minimum Gasteiger partial charge on any atom is -0.478 e. The molecule has 2 aromatic heterocycles. The van der Waals surface area contributed by atoms with Crippen LogP contribution in [0.15, 0.2) is 36.5 Å². The van der Waals surface area contributed by atoms with Crippen molar-refractivity contribution in [3.63, 3.8) is 0 Å². The summed E-state index contributed by atoms with van der Waals surface area (Å²) in [5.41, 5.74) is 1.59. The van der Waals surface area contributed by atoms with Crippen molar-refractivity contribution in [1.82, 2.24) is 15.0 Å². The number of benzene rings is 1. The van der Waals surface area contributed by atoms with E-state index in [0.29, 0.717) is 23.4 Å². The van der Waals surface area contributed by atoms with Gasteiger partial charge in [0.1, 0.15) is 11.6 Å². The summed E-state index contributed by atoms with van der Waals surface area (Å²) < 4.78 is 13.1. The minimum atomic E-state index is -1.04. The Bertz CT molecular complexity index is 798. The lowest BCUT2D eigenvalue weighted by atomic mass is 10.1. The van der Waals surface area contributed by atoms with E-state index in [2.05, 4.69) is 15.0 Å². The van der Waals surface area contributed by atoms with Gasteiger partial charge in [0, 0.05) is 12.6 Å². The Labute approximate surface area is 113 Å². The van der Waals surface area contributed by atoms with Gasteiger partial charge in [0.2, 0.25) is 0 Å². The lowest BCUT2D eigenvalue weighted by molar-refractivity contribution is 0.0698. The molecule has 3 rings (SSSR count). The molecule has 2 N–H and O–H groups in total. The van der Waals surface area contributed by atoms with Crippen LogP contribution in [0, 0.1) is 5.82 Å². The average Bonchev–Trinajstić information content (AvgIpc) is 2.80. The van der Waals surface area contributed by atoms with Crippen molar-refractivity contribution in [2.45, 2.75) is 6.42 Å². The summed E-state index contributed by atoms with van der Waals surface area (Å²) in [5.74, 6) is -0.812. The van der Waals surface area contributed by atoms with Crippen LogP contribution in [0.4, 0.5) is 4.39 Å². The van der Waals surface area contributed by atoms with Gasteiger partial charge in [-0.2, -0.15) is 0 Å². The lowest BCUT2D eigenvalue weighted by Crippen LogP contribution is -1.98. The van der Waals surface area contributed by atoms with Crippen molar-refractivity contribution in [2.24, 2.45) is 0 Å². The number of halogens is 1. The lowest BCUT2D eigenvalue weighted by Gasteiger charge is -1.97. The predicted molar refractivity (Wildman–Crippen MR) is 70.1 cm³/mol. The molecule has 3 aromatic rings. The predicted octanol–water partition coefficient (Wildman–Crippen LogP) is 2.39. The van der Waals surface area contributed by atoms with E-state index >= 15 is 0 Å². The average molecular weight is 271 g/mol. The number of carboxylic acid groups (broad SMARTS) is 1. The number of nitrogens with zero attached hydrogens (tertiary/aromatic N) is 2. The number of aromatic amines is 1. The molecule has 0 saturated heterocycles.